The summed E-state index contributed by atoms with van der Waals surface area (Å²) in [5, 5.41) is 0.907. The molecule has 1 amide bonds. The first-order valence-corrected chi connectivity index (χ1v) is 8.36. The third kappa shape index (κ3) is 2.77. The zero-order chi connectivity index (χ0) is 13.2. The fourth-order valence-corrected chi connectivity index (χ4v) is 4.49. The highest BCUT2D eigenvalue weighted by atomic mass is 35.5. The summed E-state index contributed by atoms with van der Waals surface area (Å²) in [7, 11) is 0. The number of carbonyl (C=O) groups is 1. The van der Waals surface area contributed by atoms with Gasteiger partial charge in [-0.25, -0.2) is 0 Å². The van der Waals surface area contributed by atoms with Gasteiger partial charge in [-0.15, -0.1) is 11.8 Å². The molecule has 19 heavy (non-hydrogen) atoms. The molecule has 3 rings (SSSR count). The lowest BCUT2D eigenvalue weighted by molar-refractivity contribution is -0.135. The molecule has 0 spiro atoms. The molecule has 0 unspecified atom stereocenters. The quantitative estimate of drug-likeness (QED) is 0.818. The Hall–Kier alpha value is -0.670. The first-order chi connectivity index (χ1) is 9.25. The summed E-state index contributed by atoms with van der Waals surface area (Å²) < 4.78 is 0. The normalized spacial score (nSPS) is 24.1. The number of hydrogen-bond donors (Lipinski definition) is 0. The van der Waals surface area contributed by atoms with E-state index >= 15 is 0 Å². The van der Waals surface area contributed by atoms with Gasteiger partial charge in [0.2, 0.25) is 5.91 Å². The van der Waals surface area contributed by atoms with Crippen LogP contribution in [-0.4, -0.2) is 23.1 Å². The van der Waals surface area contributed by atoms with Crippen LogP contribution >= 0.6 is 23.4 Å². The van der Waals surface area contributed by atoms with Crippen molar-refractivity contribution in [2.45, 2.75) is 31.1 Å². The third-order valence-electron chi connectivity index (χ3n) is 4.01. The van der Waals surface area contributed by atoms with E-state index in [4.69, 9.17) is 11.6 Å². The molecule has 1 heterocycles. The van der Waals surface area contributed by atoms with E-state index in [0.29, 0.717) is 5.91 Å². The minimum Gasteiger partial charge on any atom is -0.325 e. The van der Waals surface area contributed by atoms with Gasteiger partial charge in [-0.2, -0.15) is 0 Å². The Kier molecular flexibility index (Phi) is 4.04. The van der Waals surface area contributed by atoms with E-state index in [0.717, 1.165) is 35.7 Å². The summed E-state index contributed by atoms with van der Waals surface area (Å²) in [5.74, 6) is 1.64. The SMILES string of the molecule is O=C(C1CCCC1)N1CCS[C@@H]1c1cccc(Cl)c1. The molecule has 4 heteroatoms. The Bertz CT molecular complexity index is 473. The van der Waals surface area contributed by atoms with Crippen LogP contribution in [0.2, 0.25) is 5.02 Å². The number of benzene rings is 1. The predicted molar refractivity (Wildman–Crippen MR) is 80.3 cm³/mol. The van der Waals surface area contributed by atoms with E-state index in [1.54, 1.807) is 0 Å². The summed E-state index contributed by atoms with van der Waals surface area (Å²) in [4.78, 5) is 14.7. The standard InChI is InChI=1S/C15H18ClNOS/c16-13-7-3-6-12(10-13)15-17(8-9-19-15)14(18)11-4-1-2-5-11/h3,6-7,10-11,15H,1-2,4-5,8-9H2/t15-/m1/s1. The van der Waals surface area contributed by atoms with Gasteiger partial charge in [-0.05, 0) is 30.5 Å². The number of carbonyl (C=O) groups excluding carboxylic acids is 1. The first kappa shape index (κ1) is 13.3. The van der Waals surface area contributed by atoms with Crippen molar-refractivity contribution in [2.24, 2.45) is 5.92 Å². The van der Waals surface area contributed by atoms with E-state index in [1.807, 2.05) is 30.0 Å². The maximum absolute atomic E-state index is 12.6. The second kappa shape index (κ2) is 5.76. The van der Waals surface area contributed by atoms with Crippen LogP contribution in [0.1, 0.15) is 36.6 Å². The number of nitrogens with zero attached hydrogens (tertiary/aromatic N) is 1. The van der Waals surface area contributed by atoms with Crippen molar-refractivity contribution in [1.82, 2.24) is 4.90 Å². The molecule has 2 nitrogen and oxygen atoms in total. The van der Waals surface area contributed by atoms with Crippen molar-refractivity contribution in [1.29, 1.82) is 0 Å². The molecule has 1 atom stereocenters. The molecular weight excluding hydrogens is 278 g/mol. The molecule has 1 saturated carbocycles. The van der Waals surface area contributed by atoms with Crippen molar-refractivity contribution in [3.63, 3.8) is 0 Å². The molecule has 0 N–H and O–H groups in total. The second-order valence-electron chi connectivity index (χ2n) is 5.29. The van der Waals surface area contributed by atoms with E-state index in [2.05, 4.69) is 11.0 Å². The molecule has 0 bridgehead atoms. The Morgan fingerprint density at radius 2 is 2.11 bits per heavy atom. The molecule has 2 fully saturated rings. The van der Waals surface area contributed by atoms with Gasteiger partial charge in [-0.3, -0.25) is 4.79 Å². The number of hydrogen-bond acceptors (Lipinski definition) is 2. The van der Waals surface area contributed by atoms with Crippen LogP contribution in [0.3, 0.4) is 0 Å². The van der Waals surface area contributed by atoms with Crippen molar-refractivity contribution in [3.8, 4) is 0 Å². The average molecular weight is 296 g/mol. The Morgan fingerprint density at radius 1 is 1.32 bits per heavy atom. The van der Waals surface area contributed by atoms with Crippen LogP contribution in [0, 0.1) is 5.92 Å². The van der Waals surface area contributed by atoms with Crippen molar-refractivity contribution >= 4 is 29.3 Å². The smallest absolute Gasteiger partial charge is 0.226 e. The number of thioether (sulfide) groups is 1. The molecule has 102 valence electrons. The Balaban J connectivity index is 1.79. The van der Waals surface area contributed by atoms with Crippen LogP contribution in [0.15, 0.2) is 24.3 Å². The van der Waals surface area contributed by atoms with E-state index in [9.17, 15) is 4.79 Å². The van der Waals surface area contributed by atoms with Crippen LogP contribution in [0.5, 0.6) is 0 Å². The number of halogens is 1. The predicted octanol–water partition coefficient (Wildman–Crippen LogP) is 4.10. The fraction of sp³-hybridized carbons (Fsp3) is 0.533. The highest BCUT2D eigenvalue weighted by molar-refractivity contribution is 7.99. The zero-order valence-corrected chi connectivity index (χ0v) is 12.4. The zero-order valence-electron chi connectivity index (χ0n) is 10.8. The summed E-state index contributed by atoms with van der Waals surface area (Å²) in [5.41, 5.74) is 1.15. The first-order valence-electron chi connectivity index (χ1n) is 6.93. The maximum atomic E-state index is 12.6. The molecule has 1 aliphatic heterocycles. The molecule has 1 aliphatic carbocycles. The van der Waals surface area contributed by atoms with Gasteiger partial charge in [0.25, 0.3) is 0 Å². The Labute approximate surface area is 123 Å². The van der Waals surface area contributed by atoms with Gasteiger partial charge in [0.05, 0.1) is 0 Å². The molecule has 1 saturated heterocycles. The highest BCUT2D eigenvalue weighted by Gasteiger charge is 2.35. The minimum atomic E-state index is 0.159. The fourth-order valence-electron chi connectivity index (χ4n) is 3.04. The van der Waals surface area contributed by atoms with Crippen LogP contribution < -0.4 is 0 Å². The maximum Gasteiger partial charge on any atom is 0.226 e. The summed E-state index contributed by atoms with van der Waals surface area (Å²) >= 11 is 7.91. The van der Waals surface area contributed by atoms with Gasteiger partial charge in [0.1, 0.15) is 5.37 Å². The van der Waals surface area contributed by atoms with Crippen molar-refractivity contribution in [2.75, 3.05) is 12.3 Å². The lowest BCUT2D eigenvalue weighted by Gasteiger charge is -2.27. The topological polar surface area (TPSA) is 20.3 Å². The molecule has 1 aromatic carbocycles. The molecule has 2 aliphatic rings. The molecule has 0 radical (unpaired) electrons. The highest BCUT2D eigenvalue weighted by Crippen LogP contribution is 2.40. The molecular formula is C15H18ClNOS. The van der Waals surface area contributed by atoms with E-state index < -0.39 is 0 Å². The van der Waals surface area contributed by atoms with E-state index in [-0.39, 0.29) is 11.3 Å². The average Bonchev–Trinajstić information content (AvgIpc) is 3.09. The van der Waals surface area contributed by atoms with Gasteiger partial charge < -0.3 is 4.90 Å². The summed E-state index contributed by atoms with van der Waals surface area (Å²) in [6, 6.07) is 7.91. The van der Waals surface area contributed by atoms with Gasteiger partial charge in [0, 0.05) is 23.2 Å². The van der Waals surface area contributed by atoms with Crippen molar-refractivity contribution < 1.29 is 4.79 Å². The van der Waals surface area contributed by atoms with Gasteiger partial charge in [-0.1, -0.05) is 36.6 Å². The largest absolute Gasteiger partial charge is 0.325 e. The van der Waals surface area contributed by atoms with Crippen LogP contribution in [0.25, 0.3) is 0 Å². The lowest BCUT2D eigenvalue weighted by atomic mass is 10.1. The summed E-state index contributed by atoms with van der Waals surface area (Å²) in [6.07, 6.45) is 4.56. The van der Waals surface area contributed by atoms with Crippen LogP contribution in [0.4, 0.5) is 0 Å². The second-order valence-corrected chi connectivity index (χ2v) is 6.92. The number of amides is 1. The number of rotatable bonds is 2. The van der Waals surface area contributed by atoms with Gasteiger partial charge in [0.15, 0.2) is 0 Å². The third-order valence-corrected chi connectivity index (χ3v) is 5.51. The lowest BCUT2D eigenvalue weighted by Crippen LogP contribution is -2.34. The van der Waals surface area contributed by atoms with Crippen LogP contribution in [-0.2, 0) is 4.79 Å². The van der Waals surface area contributed by atoms with E-state index in [1.165, 1.54) is 12.8 Å². The van der Waals surface area contributed by atoms with Crippen molar-refractivity contribution in [3.05, 3.63) is 34.9 Å². The van der Waals surface area contributed by atoms with Gasteiger partial charge >= 0.3 is 0 Å². The monoisotopic (exact) mass is 295 g/mol. The summed E-state index contributed by atoms with van der Waals surface area (Å²) in [6.45, 7) is 0.872. The molecule has 1 aromatic rings. The minimum absolute atomic E-state index is 0.159. The molecule has 0 aromatic heterocycles. The Morgan fingerprint density at radius 3 is 2.84 bits per heavy atom.